The Kier molecular flexibility index (Phi) is 5.57. The molecule has 0 fully saturated rings. The molecule has 3 nitrogen and oxygen atoms in total. The van der Waals surface area contributed by atoms with Crippen molar-refractivity contribution in [3.8, 4) is 0 Å². The Hall–Kier alpha value is -1.35. The maximum Gasteiger partial charge on any atom is 0.349 e. The second-order valence-corrected chi connectivity index (χ2v) is 3.71. The van der Waals surface area contributed by atoms with Gasteiger partial charge in [-0.15, -0.1) is 0 Å². The van der Waals surface area contributed by atoms with E-state index < -0.39 is 0 Å². The van der Waals surface area contributed by atoms with Gasteiger partial charge in [-0.25, -0.2) is 4.79 Å². The van der Waals surface area contributed by atoms with Crippen molar-refractivity contribution in [2.75, 3.05) is 6.61 Å². The van der Waals surface area contributed by atoms with Crippen LogP contribution in [0.15, 0.2) is 30.3 Å². The molecule has 0 radical (unpaired) electrons. The number of unbranched alkanes of at least 4 members (excludes halogenated alkanes) is 1. The monoisotopic (exact) mass is 222 g/mol. The van der Waals surface area contributed by atoms with Gasteiger partial charge < -0.3 is 0 Å². The molecule has 88 valence electrons. The number of rotatable bonds is 6. The van der Waals surface area contributed by atoms with Gasteiger partial charge in [0.1, 0.15) is 0 Å². The molecule has 0 heterocycles. The average molecular weight is 222 g/mol. The first-order valence-electron chi connectivity index (χ1n) is 5.64. The van der Waals surface area contributed by atoms with E-state index in [9.17, 15) is 4.79 Å². The second-order valence-electron chi connectivity index (χ2n) is 3.71. The predicted octanol–water partition coefficient (Wildman–Crippen LogP) is 3.07. The molecule has 0 aliphatic heterocycles. The van der Waals surface area contributed by atoms with Crippen molar-refractivity contribution in [1.82, 2.24) is 0 Å². The molecule has 16 heavy (non-hydrogen) atoms. The molecule has 0 aromatic heterocycles. The molecule has 3 heteroatoms. The van der Waals surface area contributed by atoms with E-state index in [2.05, 4.69) is 6.92 Å². The summed E-state index contributed by atoms with van der Waals surface area (Å²) in [7, 11) is 0. The third kappa shape index (κ3) is 4.03. The first-order valence-corrected chi connectivity index (χ1v) is 5.64. The van der Waals surface area contributed by atoms with Crippen molar-refractivity contribution < 1.29 is 14.6 Å². The first kappa shape index (κ1) is 12.7. The van der Waals surface area contributed by atoms with Crippen LogP contribution in [0.1, 0.15) is 38.2 Å². The van der Waals surface area contributed by atoms with E-state index in [1.165, 1.54) is 0 Å². The maximum atomic E-state index is 11.6. The Morgan fingerprint density at radius 1 is 1.31 bits per heavy atom. The minimum atomic E-state index is -0.345. The molecule has 0 saturated heterocycles. The van der Waals surface area contributed by atoms with E-state index in [-0.39, 0.29) is 11.9 Å². The fourth-order valence-electron chi connectivity index (χ4n) is 1.25. The summed E-state index contributed by atoms with van der Waals surface area (Å²) in [5.74, 6) is -0.634. The highest BCUT2D eigenvalue weighted by Crippen LogP contribution is 2.16. The number of hydrogen-bond donors (Lipinski definition) is 0. The molecule has 1 atom stereocenters. The van der Waals surface area contributed by atoms with Crippen molar-refractivity contribution in [2.24, 2.45) is 0 Å². The largest absolute Gasteiger partial charge is 0.349 e. The van der Waals surface area contributed by atoms with Gasteiger partial charge in [0.2, 0.25) is 0 Å². The smallest absolute Gasteiger partial charge is 0.298 e. The Morgan fingerprint density at radius 3 is 2.62 bits per heavy atom. The topological polar surface area (TPSA) is 35.5 Å². The van der Waals surface area contributed by atoms with E-state index in [0.717, 1.165) is 18.4 Å². The highest BCUT2D eigenvalue weighted by molar-refractivity contribution is 5.77. The summed E-state index contributed by atoms with van der Waals surface area (Å²) >= 11 is 0. The molecule has 1 aromatic rings. The number of hydrogen-bond acceptors (Lipinski definition) is 3. The lowest BCUT2D eigenvalue weighted by molar-refractivity contribution is -0.273. The number of carbonyl (C=O) groups is 1. The van der Waals surface area contributed by atoms with Gasteiger partial charge in [0.15, 0.2) is 0 Å². The Bertz CT molecular complexity index is 308. The SMILES string of the molecule is CCCCOOC(=O)C(C)c1ccccc1. The van der Waals surface area contributed by atoms with E-state index in [4.69, 9.17) is 9.78 Å². The van der Waals surface area contributed by atoms with Crippen LogP contribution in [-0.4, -0.2) is 12.6 Å². The van der Waals surface area contributed by atoms with Crippen LogP contribution < -0.4 is 0 Å². The van der Waals surface area contributed by atoms with Crippen LogP contribution in [0.25, 0.3) is 0 Å². The molecule has 0 amide bonds. The lowest BCUT2D eigenvalue weighted by Crippen LogP contribution is -2.14. The molecular formula is C13H18O3. The van der Waals surface area contributed by atoms with Crippen molar-refractivity contribution in [3.05, 3.63) is 35.9 Å². The van der Waals surface area contributed by atoms with Gasteiger partial charge in [-0.3, -0.25) is 4.89 Å². The van der Waals surface area contributed by atoms with Crippen LogP contribution in [-0.2, 0) is 14.6 Å². The highest BCUT2D eigenvalue weighted by Gasteiger charge is 2.17. The Labute approximate surface area is 96.3 Å². The summed E-state index contributed by atoms with van der Waals surface area (Å²) in [6, 6.07) is 9.52. The zero-order valence-corrected chi connectivity index (χ0v) is 9.81. The van der Waals surface area contributed by atoms with Crippen LogP contribution >= 0.6 is 0 Å². The van der Waals surface area contributed by atoms with Crippen molar-refractivity contribution >= 4 is 5.97 Å². The predicted molar refractivity (Wildman–Crippen MR) is 61.8 cm³/mol. The zero-order valence-electron chi connectivity index (χ0n) is 9.81. The zero-order chi connectivity index (χ0) is 11.8. The second kappa shape index (κ2) is 7.01. The third-order valence-electron chi connectivity index (χ3n) is 2.38. The molecule has 0 spiro atoms. The van der Waals surface area contributed by atoms with E-state index >= 15 is 0 Å². The lowest BCUT2D eigenvalue weighted by atomic mass is 10.0. The summed E-state index contributed by atoms with van der Waals surface area (Å²) in [6.45, 7) is 4.32. The fraction of sp³-hybridized carbons (Fsp3) is 0.462. The highest BCUT2D eigenvalue weighted by atomic mass is 17.2. The molecular weight excluding hydrogens is 204 g/mol. The van der Waals surface area contributed by atoms with Gasteiger partial charge in [0, 0.05) is 0 Å². The van der Waals surface area contributed by atoms with Gasteiger partial charge in [-0.2, -0.15) is 4.89 Å². The van der Waals surface area contributed by atoms with Gasteiger partial charge in [-0.05, 0) is 18.9 Å². The summed E-state index contributed by atoms with van der Waals surface area (Å²) in [5.41, 5.74) is 0.937. The van der Waals surface area contributed by atoms with Gasteiger partial charge in [0.05, 0.1) is 12.5 Å². The quantitative estimate of drug-likeness (QED) is 0.421. The molecule has 1 rings (SSSR count). The normalized spacial score (nSPS) is 12.1. The molecule has 0 aliphatic rings. The maximum absolute atomic E-state index is 11.6. The summed E-state index contributed by atoms with van der Waals surface area (Å²) in [6.07, 6.45) is 1.92. The summed E-state index contributed by atoms with van der Waals surface area (Å²) in [5, 5.41) is 0. The Balaban J connectivity index is 2.37. The van der Waals surface area contributed by atoms with Gasteiger partial charge >= 0.3 is 5.97 Å². The van der Waals surface area contributed by atoms with Crippen LogP contribution in [0.2, 0.25) is 0 Å². The Morgan fingerprint density at radius 2 is 2.00 bits per heavy atom. The number of benzene rings is 1. The van der Waals surface area contributed by atoms with E-state index in [1.54, 1.807) is 6.92 Å². The molecule has 0 N–H and O–H groups in total. The minimum Gasteiger partial charge on any atom is -0.298 e. The number of carbonyl (C=O) groups excluding carboxylic acids is 1. The van der Waals surface area contributed by atoms with E-state index in [1.807, 2.05) is 30.3 Å². The van der Waals surface area contributed by atoms with E-state index in [0.29, 0.717) is 6.61 Å². The van der Waals surface area contributed by atoms with Gasteiger partial charge in [0.25, 0.3) is 0 Å². The standard InChI is InChI=1S/C13H18O3/c1-3-4-10-15-16-13(14)11(2)12-8-6-5-7-9-12/h5-9,11H,3-4,10H2,1-2H3. The molecule has 1 aromatic carbocycles. The summed E-state index contributed by atoms with van der Waals surface area (Å²) < 4.78 is 0. The van der Waals surface area contributed by atoms with Crippen LogP contribution in [0.5, 0.6) is 0 Å². The third-order valence-corrected chi connectivity index (χ3v) is 2.38. The van der Waals surface area contributed by atoms with Crippen LogP contribution in [0, 0.1) is 0 Å². The fourth-order valence-corrected chi connectivity index (χ4v) is 1.25. The molecule has 0 saturated carbocycles. The van der Waals surface area contributed by atoms with Gasteiger partial charge in [-0.1, -0.05) is 43.7 Å². The van der Waals surface area contributed by atoms with Crippen LogP contribution in [0.4, 0.5) is 0 Å². The lowest BCUT2D eigenvalue weighted by Gasteiger charge is -2.09. The average Bonchev–Trinajstić information content (AvgIpc) is 2.34. The first-order chi connectivity index (χ1) is 7.75. The minimum absolute atomic E-state index is 0.289. The van der Waals surface area contributed by atoms with Crippen molar-refractivity contribution in [3.63, 3.8) is 0 Å². The summed E-state index contributed by atoms with van der Waals surface area (Å²) in [4.78, 5) is 21.1. The molecule has 1 unspecified atom stereocenters. The molecule has 0 bridgehead atoms. The van der Waals surface area contributed by atoms with Crippen LogP contribution in [0.3, 0.4) is 0 Å². The van der Waals surface area contributed by atoms with Crippen molar-refractivity contribution in [2.45, 2.75) is 32.6 Å². The molecule has 0 aliphatic carbocycles. The van der Waals surface area contributed by atoms with Crippen molar-refractivity contribution in [1.29, 1.82) is 0 Å².